The van der Waals surface area contributed by atoms with Crippen molar-refractivity contribution in [2.24, 2.45) is 0 Å². The smallest absolute Gasteiger partial charge is 0.379 e. The Kier molecular flexibility index (Phi) is 5.24. The maximum absolute atomic E-state index is 11.9. The van der Waals surface area contributed by atoms with Crippen LogP contribution in [0.4, 0.5) is 0 Å². The van der Waals surface area contributed by atoms with Gasteiger partial charge in [-0.2, -0.15) is 0 Å². The van der Waals surface area contributed by atoms with E-state index in [0.717, 1.165) is 5.56 Å². The van der Waals surface area contributed by atoms with Gasteiger partial charge in [-0.15, -0.1) is 0 Å². The molecule has 0 bridgehead atoms. The zero-order chi connectivity index (χ0) is 14.5. The zero-order valence-corrected chi connectivity index (χ0v) is 11.9. The monoisotopic (exact) mass is 264 g/mol. The molecule has 4 nitrogen and oxygen atoms in total. The molecule has 0 fully saturated rings. The lowest BCUT2D eigenvalue weighted by Gasteiger charge is -2.24. The minimum atomic E-state index is -0.816. The molecule has 1 rings (SSSR count). The van der Waals surface area contributed by atoms with Crippen LogP contribution in [-0.2, 0) is 19.7 Å². The number of methoxy groups -OCH3 is 1. The summed E-state index contributed by atoms with van der Waals surface area (Å²) in [6.07, 6.45) is 0. The molecule has 0 spiro atoms. The summed E-state index contributed by atoms with van der Waals surface area (Å²) in [5.74, 6) is -1.43. The van der Waals surface area contributed by atoms with Crippen molar-refractivity contribution >= 4 is 11.8 Å². The van der Waals surface area contributed by atoms with Gasteiger partial charge in [0.15, 0.2) is 0 Å². The van der Waals surface area contributed by atoms with Crippen molar-refractivity contribution in [1.29, 1.82) is 0 Å². The number of ether oxygens (including phenoxy) is 2. The predicted molar refractivity (Wildman–Crippen MR) is 72.3 cm³/mol. The van der Waals surface area contributed by atoms with Gasteiger partial charge in [-0.25, -0.2) is 4.79 Å². The van der Waals surface area contributed by atoms with E-state index in [0.29, 0.717) is 12.2 Å². The van der Waals surface area contributed by atoms with Gasteiger partial charge in [-0.05, 0) is 18.6 Å². The SMILES string of the molecule is CCOC(=O)C(=O)c1cccc(C(C)(C)COC)c1. The van der Waals surface area contributed by atoms with E-state index in [1.54, 1.807) is 32.2 Å². The van der Waals surface area contributed by atoms with Gasteiger partial charge in [0, 0.05) is 18.1 Å². The van der Waals surface area contributed by atoms with E-state index in [-0.39, 0.29) is 12.0 Å². The third-order valence-electron chi connectivity index (χ3n) is 2.87. The predicted octanol–water partition coefficient (Wildman–Crippen LogP) is 2.36. The first-order chi connectivity index (χ1) is 8.92. The number of rotatable bonds is 6. The molecule has 0 aliphatic rings. The highest BCUT2D eigenvalue weighted by Gasteiger charge is 2.23. The second-order valence-electron chi connectivity index (χ2n) is 4.95. The number of carbonyl (C=O) groups excluding carboxylic acids is 2. The molecule has 0 unspecified atom stereocenters. The molecule has 0 aliphatic heterocycles. The fourth-order valence-corrected chi connectivity index (χ4v) is 1.84. The summed E-state index contributed by atoms with van der Waals surface area (Å²) in [4.78, 5) is 23.3. The lowest BCUT2D eigenvalue weighted by Crippen LogP contribution is -2.24. The molecule has 19 heavy (non-hydrogen) atoms. The summed E-state index contributed by atoms with van der Waals surface area (Å²) in [6, 6.07) is 7.02. The Balaban J connectivity index is 3.00. The van der Waals surface area contributed by atoms with Crippen LogP contribution in [-0.4, -0.2) is 32.1 Å². The van der Waals surface area contributed by atoms with E-state index in [2.05, 4.69) is 0 Å². The van der Waals surface area contributed by atoms with Gasteiger partial charge in [0.1, 0.15) is 0 Å². The van der Waals surface area contributed by atoms with E-state index in [9.17, 15) is 9.59 Å². The Morgan fingerprint density at radius 3 is 2.53 bits per heavy atom. The van der Waals surface area contributed by atoms with Crippen LogP contribution in [0, 0.1) is 0 Å². The third kappa shape index (κ3) is 3.89. The van der Waals surface area contributed by atoms with E-state index >= 15 is 0 Å². The molecular weight excluding hydrogens is 244 g/mol. The summed E-state index contributed by atoms with van der Waals surface area (Å²) in [5.41, 5.74) is 1.07. The minimum absolute atomic E-state index is 0.194. The highest BCUT2D eigenvalue weighted by Crippen LogP contribution is 2.24. The molecule has 0 saturated heterocycles. The fourth-order valence-electron chi connectivity index (χ4n) is 1.84. The van der Waals surface area contributed by atoms with Crippen LogP contribution < -0.4 is 0 Å². The lowest BCUT2D eigenvalue weighted by molar-refractivity contribution is -0.137. The van der Waals surface area contributed by atoms with Crippen LogP contribution in [0.5, 0.6) is 0 Å². The molecule has 0 aromatic heterocycles. The van der Waals surface area contributed by atoms with E-state index < -0.39 is 11.8 Å². The standard InChI is InChI=1S/C15H20O4/c1-5-19-14(17)13(16)11-7-6-8-12(9-11)15(2,3)10-18-4/h6-9H,5,10H2,1-4H3. The molecule has 4 heteroatoms. The molecular formula is C15H20O4. The summed E-state index contributed by atoms with van der Waals surface area (Å²) in [5, 5.41) is 0. The first kappa shape index (κ1) is 15.4. The molecule has 0 heterocycles. The molecule has 1 aromatic carbocycles. The maximum Gasteiger partial charge on any atom is 0.379 e. The molecule has 0 radical (unpaired) electrons. The lowest BCUT2D eigenvalue weighted by atomic mass is 9.84. The molecule has 0 aliphatic carbocycles. The quantitative estimate of drug-likeness (QED) is 0.449. The van der Waals surface area contributed by atoms with Gasteiger partial charge < -0.3 is 9.47 Å². The Morgan fingerprint density at radius 2 is 1.95 bits per heavy atom. The topological polar surface area (TPSA) is 52.6 Å². The number of Topliss-reactive ketones (excluding diaryl/α,β-unsaturated/α-hetero) is 1. The van der Waals surface area contributed by atoms with Crippen molar-refractivity contribution in [1.82, 2.24) is 0 Å². The van der Waals surface area contributed by atoms with Crippen molar-refractivity contribution in [3.05, 3.63) is 35.4 Å². The van der Waals surface area contributed by atoms with Gasteiger partial charge in [-0.3, -0.25) is 4.79 Å². The van der Waals surface area contributed by atoms with Crippen molar-refractivity contribution in [3.8, 4) is 0 Å². The molecule has 0 atom stereocenters. The minimum Gasteiger partial charge on any atom is -0.460 e. The fraction of sp³-hybridized carbons (Fsp3) is 0.467. The zero-order valence-electron chi connectivity index (χ0n) is 11.9. The summed E-state index contributed by atoms with van der Waals surface area (Å²) >= 11 is 0. The molecule has 104 valence electrons. The first-order valence-electron chi connectivity index (χ1n) is 6.23. The average molecular weight is 264 g/mol. The maximum atomic E-state index is 11.9. The highest BCUT2D eigenvalue weighted by molar-refractivity contribution is 6.40. The van der Waals surface area contributed by atoms with Crippen LogP contribution >= 0.6 is 0 Å². The summed E-state index contributed by atoms with van der Waals surface area (Å²) in [7, 11) is 1.63. The van der Waals surface area contributed by atoms with Gasteiger partial charge in [-0.1, -0.05) is 32.0 Å². The number of carbonyl (C=O) groups is 2. The van der Waals surface area contributed by atoms with E-state index in [1.807, 2.05) is 19.9 Å². The Bertz CT molecular complexity index is 463. The Hall–Kier alpha value is -1.68. The van der Waals surface area contributed by atoms with Gasteiger partial charge in [0.25, 0.3) is 5.78 Å². The normalized spacial score (nSPS) is 11.2. The average Bonchev–Trinajstić information content (AvgIpc) is 2.38. The van der Waals surface area contributed by atoms with E-state index in [4.69, 9.17) is 9.47 Å². The van der Waals surface area contributed by atoms with Gasteiger partial charge >= 0.3 is 5.97 Å². The summed E-state index contributed by atoms with van der Waals surface area (Å²) < 4.78 is 9.89. The van der Waals surface area contributed by atoms with Gasteiger partial charge in [0.2, 0.25) is 0 Å². The third-order valence-corrected chi connectivity index (χ3v) is 2.87. The van der Waals surface area contributed by atoms with Crippen LogP contribution in [0.2, 0.25) is 0 Å². The van der Waals surface area contributed by atoms with Crippen molar-refractivity contribution in [2.45, 2.75) is 26.2 Å². The molecule has 0 saturated carbocycles. The Morgan fingerprint density at radius 1 is 1.26 bits per heavy atom. The highest BCUT2D eigenvalue weighted by atomic mass is 16.5. The number of esters is 1. The first-order valence-corrected chi connectivity index (χ1v) is 6.23. The summed E-state index contributed by atoms with van der Waals surface area (Å²) in [6.45, 7) is 6.43. The second kappa shape index (κ2) is 6.48. The Labute approximate surface area is 113 Å². The molecule has 0 amide bonds. The van der Waals surface area contributed by atoms with Gasteiger partial charge in [0.05, 0.1) is 13.2 Å². The number of hydrogen-bond acceptors (Lipinski definition) is 4. The van der Waals surface area contributed by atoms with E-state index in [1.165, 1.54) is 0 Å². The van der Waals surface area contributed by atoms with Crippen LogP contribution in [0.25, 0.3) is 0 Å². The number of hydrogen-bond donors (Lipinski definition) is 0. The van der Waals surface area contributed by atoms with Crippen LogP contribution in [0.15, 0.2) is 24.3 Å². The van der Waals surface area contributed by atoms with Crippen molar-refractivity contribution < 1.29 is 19.1 Å². The molecule has 0 N–H and O–H groups in total. The number of ketones is 1. The second-order valence-corrected chi connectivity index (χ2v) is 4.95. The molecule has 1 aromatic rings. The van der Waals surface area contributed by atoms with Crippen molar-refractivity contribution in [3.63, 3.8) is 0 Å². The van der Waals surface area contributed by atoms with Crippen LogP contribution in [0.1, 0.15) is 36.7 Å². The number of benzene rings is 1. The van der Waals surface area contributed by atoms with Crippen molar-refractivity contribution in [2.75, 3.05) is 20.3 Å². The largest absolute Gasteiger partial charge is 0.460 e. The van der Waals surface area contributed by atoms with Crippen LogP contribution in [0.3, 0.4) is 0 Å².